The second-order valence-electron chi connectivity index (χ2n) is 4.85. The zero-order valence-electron chi connectivity index (χ0n) is 11.5. The highest BCUT2D eigenvalue weighted by molar-refractivity contribution is 5.95. The SMILES string of the molecule is O=C(Nc1ccc(Nc2ccccc2)cc1)C1C=CC=C1. The van der Waals surface area contributed by atoms with Gasteiger partial charge in [0.2, 0.25) is 5.91 Å². The molecule has 3 nitrogen and oxygen atoms in total. The van der Waals surface area contributed by atoms with Gasteiger partial charge in [-0.1, -0.05) is 42.5 Å². The third-order valence-corrected chi connectivity index (χ3v) is 3.27. The van der Waals surface area contributed by atoms with E-state index in [-0.39, 0.29) is 11.8 Å². The Morgan fingerprint density at radius 3 is 2.00 bits per heavy atom. The van der Waals surface area contributed by atoms with Gasteiger partial charge in [-0.05, 0) is 36.4 Å². The normalized spacial score (nSPS) is 13.3. The van der Waals surface area contributed by atoms with Crippen molar-refractivity contribution in [1.82, 2.24) is 0 Å². The number of nitrogens with one attached hydrogen (secondary N) is 2. The Labute approximate surface area is 124 Å². The van der Waals surface area contributed by atoms with E-state index >= 15 is 0 Å². The molecule has 104 valence electrons. The number of allylic oxidation sites excluding steroid dienone is 2. The van der Waals surface area contributed by atoms with Crippen LogP contribution in [0.25, 0.3) is 0 Å². The van der Waals surface area contributed by atoms with Crippen LogP contribution in [0.1, 0.15) is 0 Å². The fourth-order valence-electron chi connectivity index (χ4n) is 2.16. The van der Waals surface area contributed by atoms with Crippen LogP contribution in [0.3, 0.4) is 0 Å². The third kappa shape index (κ3) is 3.39. The number of hydrogen-bond donors (Lipinski definition) is 2. The van der Waals surface area contributed by atoms with Crippen molar-refractivity contribution in [2.24, 2.45) is 5.92 Å². The fraction of sp³-hybridized carbons (Fsp3) is 0.0556. The summed E-state index contributed by atoms with van der Waals surface area (Å²) in [6.45, 7) is 0. The summed E-state index contributed by atoms with van der Waals surface area (Å²) in [5.41, 5.74) is 2.82. The first-order chi connectivity index (χ1) is 10.3. The lowest BCUT2D eigenvalue weighted by atomic mass is 10.1. The number of amides is 1. The molecule has 3 heteroatoms. The number of carbonyl (C=O) groups is 1. The van der Waals surface area contributed by atoms with Crippen molar-refractivity contribution >= 4 is 23.0 Å². The number of anilines is 3. The lowest BCUT2D eigenvalue weighted by molar-refractivity contribution is -0.117. The summed E-state index contributed by atoms with van der Waals surface area (Å²) >= 11 is 0. The number of carbonyl (C=O) groups excluding carboxylic acids is 1. The van der Waals surface area contributed by atoms with Gasteiger partial charge in [0.05, 0.1) is 5.92 Å². The first-order valence-corrected chi connectivity index (χ1v) is 6.89. The Morgan fingerprint density at radius 1 is 0.762 bits per heavy atom. The molecule has 0 bridgehead atoms. The molecule has 0 unspecified atom stereocenters. The number of para-hydroxylation sites is 1. The van der Waals surface area contributed by atoms with Crippen LogP contribution < -0.4 is 10.6 Å². The second kappa shape index (κ2) is 6.09. The molecule has 3 rings (SSSR count). The highest BCUT2D eigenvalue weighted by atomic mass is 16.1. The summed E-state index contributed by atoms with van der Waals surface area (Å²) in [6, 6.07) is 17.7. The van der Waals surface area contributed by atoms with Gasteiger partial charge < -0.3 is 10.6 Å². The van der Waals surface area contributed by atoms with Crippen LogP contribution in [0.2, 0.25) is 0 Å². The summed E-state index contributed by atoms with van der Waals surface area (Å²) in [6.07, 6.45) is 7.52. The molecule has 0 heterocycles. The standard InChI is InChI=1S/C18H16N2O/c21-18(14-6-4-5-7-14)20-17-12-10-16(11-13-17)19-15-8-2-1-3-9-15/h1-14,19H,(H,20,21). The maximum absolute atomic E-state index is 12.0. The van der Waals surface area contributed by atoms with Crippen molar-refractivity contribution in [3.8, 4) is 0 Å². The zero-order valence-corrected chi connectivity index (χ0v) is 11.5. The molecular formula is C18H16N2O. The highest BCUT2D eigenvalue weighted by Crippen LogP contribution is 2.19. The van der Waals surface area contributed by atoms with Crippen molar-refractivity contribution < 1.29 is 4.79 Å². The minimum absolute atomic E-state index is 0.0104. The van der Waals surface area contributed by atoms with Gasteiger partial charge in [-0.25, -0.2) is 0 Å². The molecule has 0 fully saturated rings. The van der Waals surface area contributed by atoms with E-state index in [1.807, 2.05) is 78.9 Å². The minimum Gasteiger partial charge on any atom is -0.356 e. The van der Waals surface area contributed by atoms with Gasteiger partial charge in [-0.3, -0.25) is 4.79 Å². The van der Waals surface area contributed by atoms with Gasteiger partial charge in [-0.15, -0.1) is 0 Å². The number of rotatable bonds is 4. The largest absolute Gasteiger partial charge is 0.356 e. The molecule has 0 saturated carbocycles. The topological polar surface area (TPSA) is 41.1 Å². The predicted molar refractivity (Wildman–Crippen MR) is 86.6 cm³/mol. The zero-order chi connectivity index (χ0) is 14.5. The van der Waals surface area contributed by atoms with E-state index in [2.05, 4.69) is 10.6 Å². The molecule has 0 spiro atoms. The molecule has 0 atom stereocenters. The fourth-order valence-corrected chi connectivity index (χ4v) is 2.16. The second-order valence-corrected chi connectivity index (χ2v) is 4.85. The molecule has 2 N–H and O–H groups in total. The predicted octanol–water partition coefficient (Wildman–Crippen LogP) is 4.11. The first-order valence-electron chi connectivity index (χ1n) is 6.89. The van der Waals surface area contributed by atoms with Crippen molar-refractivity contribution in [2.75, 3.05) is 10.6 Å². The summed E-state index contributed by atoms with van der Waals surface area (Å²) in [5.74, 6) is -0.170. The molecule has 0 aliphatic heterocycles. The van der Waals surface area contributed by atoms with Gasteiger partial charge in [-0.2, -0.15) is 0 Å². The Morgan fingerprint density at radius 2 is 1.33 bits per heavy atom. The Bertz CT molecular complexity index is 660. The maximum atomic E-state index is 12.0. The average molecular weight is 276 g/mol. The van der Waals surface area contributed by atoms with Crippen molar-refractivity contribution in [3.05, 3.63) is 78.9 Å². The Hall–Kier alpha value is -2.81. The molecule has 0 radical (unpaired) electrons. The highest BCUT2D eigenvalue weighted by Gasteiger charge is 2.13. The van der Waals surface area contributed by atoms with Crippen LogP contribution in [0.5, 0.6) is 0 Å². The smallest absolute Gasteiger partial charge is 0.235 e. The quantitative estimate of drug-likeness (QED) is 0.882. The average Bonchev–Trinajstić information content (AvgIpc) is 3.05. The minimum atomic E-state index is -0.160. The van der Waals surface area contributed by atoms with Gasteiger partial charge in [0, 0.05) is 17.1 Å². The van der Waals surface area contributed by atoms with Crippen molar-refractivity contribution in [2.45, 2.75) is 0 Å². The van der Waals surface area contributed by atoms with Crippen LogP contribution in [-0.4, -0.2) is 5.91 Å². The van der Waals surface area contributed by atoms with Gasteiger partial charge in [0.25, 0.3) is 0 Å². The van der Waals surface area contributed by atoms with E-state index in [1.165, 1.54) is 0 Å². The van der Waals surface area contributed by atoms with Crippen LogP contribution in [0.15, 0.2) is 78.9 Å². The molecule has 0 aromatic heterocycles. The van der Waals surface area contributed by atoms with E-state index in [0.717, 1.165) is 17.1 Å². The molecule has 21 heavy (non-hydrogen) atoms. The summed E-state index contributed by atoms with van der Waals surface area (Å²) in [5, 5.41) is 6.21. The molecule has 1 aliphatic carbocycles. The Balaban J connectivity index is 1.63. The summed E-state index contributed by atoms with van der Waals surface area (Å²) in [7, 11) is 0. The van der Waals surface area contributed by atoms with E-state index in [9.17, 15) is 4.79 Å². The molecule has 1 aliphatic rings. The van der Waals surface area contributed by atoms with Crippen molar-refractivity contribution in [1.29, 1.82) is 0 Å². The van der Waals surface area contributed by atoms with Crippen LogP contribution in [0, 0.1) is 5.92 Å². The number of benzene rings is 2. The van der Waals surface area contributed by atoms with Crippen LogP contribution in [0.4, 0.5) is 17.1 Å². The first kappa shape index (κ1) is 13.2. The summed E-state index contributed by atoms with van der Waals surface area (Å²) < 4.78 is 0. The monoisotopic (exact) mass is 276 g/mol. The van der Waals surface area contributed by atoms with Crippen molar-refractivity contribution in [3.63, 3.8) is 0 Å². The molecule has 1 amide bonds. The molecular weight excluding hydrogens is 260 g/mol. The molecule has 2 aromatic rings. The molecule has 0 saturated heterocycles. The lowest BCUT2D eigenvalue weighted by Gasteiger charge is -2.10. The Kier molecular flexibility index (Phi) is 3.83. The van der Waals surface area contributed by atoms with Gasteiger partial charge in [0.15, 0.2) is 0 Å². The van der Waals surface area contributed by atoms with Gasteiger partial charge >= 0.3 is 0 Å². The van der Waals surface area contributed by atoms with E-state index in [4.69, 9.17) is 0 Å². The summed E-state index contributed by atoms with van der Waals surface area (Å²) in [4.78, 5) is 12.0. The van der Waals surface area contributed by atoms with E-state index in [1.54, 1.807) is 0 Å². The third-order valence-electron chi connectivity index (χ3n) is 3.27. The van der Waals surface area contributed by atoms with Crippen LogP contribution >= 0.6 is 0 Å². The maximum Gasteiger partial charge on any atom is 0.235 e. The lowest BCUT2D eigenvalue weighted by Crippen LogP contribution is -2.18. The van der Waals surface area contributed by atoms with Crippen LogP contribution in [-0.2, 0) is 4.79 Å². The van der Waals surface area contributed by atoms with E-state index < -0.39 is 0 Å². The van der Waals surface area contributed by atoms with Gasteiger partial charge in [0.1, 0.15) is 0 Å². The van der Waals surface area contributed by atoms with E-state index in [0.29, 0.717) is 0 Å². The number of hydrogen-bond acceptors (Lipinski definition) is 2. The molecule has 2 aromatic carbocycles.